The van der Waals surface area contributed by atoms with Gasteiger partial charge in [0.1, 0.15) is 5.75 Å². The van der Waals surface area contributed by atoms with Gasteiger partial charge in [-0.25, -0.2) is 0 Å². The molecule has 0 saturated carbocycles. The SMILES string of the molecule is Cc1cc(Oc2cccc(C)c2N)ccc1C#N. The largest absolute Gasteiger partial charge is 0.455 e. The molecule has 0 aromatic heterocycles. The topological polar surface area (TPSA) is 59.0 Å². The fraction of sp³-hybridized carbons (Fsp3) is 0.133. The predicted molar refractivity (Wildman–Crippen MR) is 71.6 cm³/mol. The molecular formula is C15H14N2O. The van der Waals surface area contributed by atoms with Crippen LogP contribution in [0.3, 0.4) is 0 Å². The van der Waals surface area contributed by atoms with Gasteiger partial charge in [-0.3, -0.25) is 0 Å². The number of hydrogen-bond acceptors (Lipinski definition) is 3. The maximum atomic E-state index is 8.87. The van der Waals surface area contributed by atoms with Gasteiger partial charge in [0, 0.05) is 0 Å². The highest BCUT2D eigenvalue weighted by Crippen LogP contribution is 2.30. The molecule has 0 atom stereocenters. The van der Waals surface area contributed by atoms with Crippen molar-refractivity contribution >= 4 is 5.69 Å². The summed E-state index contributed by atoms with van der Waals surface area (Å²) in [5, 5.41) is 8.87. The molecule has 18 heavy (non-hydrogen) atoms. The van der Waals surface area contributed by atoms with Crippen molar-refractivity contribution in [3.63, 3.8) is 0 Å². The highest BCUT2D eigenvalue weighted by Gasteiger charge is 2.05. The van der Waals surface area contributed by atoms with Crippen molar-refractivity contribution in [3.05, 3.63) is 53.1 Å². The summed E-state index contributed by atoms with van der Waals surface area (Å²) in [4.78, 5) is 0. The minimum atomic E-state index is 0.638. The van der Waals surface area contributed by atoms with Crippen LogP contribution >= 0.6 is 0 Å². The highest BCUT2D eigenvalue weighted by molar-refractivity contribution is 5.59. The van der Waals surface area contributed by atoms with E-state index in [-0.39, 0.29) is 0 Å². The summed E-state index contributed by atoms with van der Waals surface area (Å²) in [6.45, 7) is 3.82. The quantitative estimate of drug-likeness (QED) is 0.814. The molecule has 3 heteroatoms. The number of rotatable bonds is 2. The Morgan fingerprint density at radius 3 is 2.56 bits per heavy atom. The number of nitrogens with zero attached hydrogens (tertiary/aromatic N) is 1. The Morgan fingerprint density at radius 1 is 1.11 bits per heavy atom. The number of ether oxygens (including phenoxy) is 1. The molecule has 0 radical (unpaired) electrons. The molecule has 2 aromatic carbocycles. The number of para-hydroxylation sites is 1. The van der Waals surface area contributed by atoms with Gasteiger partial charge in [0.25, 0.3) is 0 Å². The lowest BCUT2D eigenvalue weighted by molar-refractivity contribution is 0.484. The Morgan fingerprint density at radius 2 is 1.89 bits per heavy atom. The van der Waals surface area contributed by atoms with Crippen molar-refractivity contribution in [1.29, 1.82) is 5.26 Å². The highest BCUT2D eigenvalue weighted by atomic mass is 16.5. The van der Waals surface area contributed by atoms with E-state index in [1.807, 2.05) is 38.1 Å². The van der Waals surface area contributed by atoms with Crippen molar-refractivity contribution < 1.29 is 4.74 Å². The van der Waals surface area contributed by atoms with E-state index in [9.17, 15) is 0 Å². The lowest BCUT2D eigenvalue weighted by Crippen LogP contribution is -1.95. The van der Waals surface area contributed by atoms with Gasteiger partial charge in [-0.1, -0.05) is 12.1 Å². The van der Waals surface area contributed by atoms with Crippen molar-refractivity contribution in [2.75, 3.05) is 5.73 Å². The average Bonchev–Trinajstić information content (AvgIpc) is 2.35. The fourth-order valence-corrected chi connectivity index (χ4v) is 1.69. The number of anilines is 1. The number of nitrogens with two attached hydrogens (primary N) is 1. The van der Waals surface area contributed by atoms with Gasteiger partial charge in [-0.2, -0.15) is 5.26 Å². The molecule has 0 heterocycles. The normalized spacial score (nSPS) is 9.83. The van der Waals surface area contributed by atoms with E-state index >= 15 is 0 Å². The van der Waals surface area contributed by atoms with E-state index in [1.54, 1.807) is 12.1 Å². The second-order valence-corrected chi connectivity index (χ2v) is 4.18. The first kappa shape index (κ1) is 12.0. The molecule has 0 bridgehead atoms. The minimum absolute atomic E-state index is 0.638. The van der Waals surface area contributed by atoms with Gasteiger partial charge in [0.2, 0.25) is 0 Å². The predicted octanol–water partition coefficient (Wildman–Crippen LogP) is 3.55. The summed E-state index contributed by atoms with van der Waals surface area (Å²) in [5.74, 6) is 1.32. The standard InChI is InChI=1S/C15H14N2O/c1-10-4-3-5-14(15(10)17)18-13-7-6-12(9-16)11(2)8-13/h3-8H,17H2,1-2H3. The van der Waals surface area contributed by atoms with Crippen LogP contribution in [0.15, 0.2) is 36.4 Å². The van der Waals surface area contributed by atoms with Gasteiger partial charge in [0.05, 0.1) is 17.3 Å². The van der Waals surface area contributed by atoms with E-state index in [0.717, 1.165) is 11.1 Å². The summed E-state index contributed by atoms with van der Waals surface area (Å²) in [7, 11) is 0. The van der Waals surface area contributed by atoms with Crippen LogP contribution in [0.2, 0.25) is 0 Å². The lowest BCUT2D eigenvalue weighted by Gasteiger charge is -2.10. The molecule has 0 unspecified atom stereocenters. The van der Waals surface area contributed by atoms with Crippen molar-refractivity contribution in [3.8, 4) is 17.6 Å². The van der Waals surface area contributed by atoms with Crippen LogP contribution in [0.5, 0.6) is 11.5 Å². The molecule has 2 aromatic rings. The number of aryl methyl sites for hydroxylation is 2. The van der Waals surface area contributed by atoms with Gasteiger partial charge >= 0.3 is 0 Å². The number of hydrogen-bond donors (Lipinski definition) is 1. The van der Waals surface area contributed by atoms with Crippen molar-refractivity contribution in [2.45, 2.75) is 13.8 Å². The van der Waals surface area contributed by atoms with Crippen LogP contribution in [-0.4, -0.2) is 0 Å². The van der Waals surface area contributed by atoms with Crippen LogP contribution in [-0.2, 0) is 0 Å². The van der Waals surface area contributed by atoms with Crippen LogP contribution in [0.1, 0.15) is 16.7 Å². The molecule has 0 aliphatic carbocycles. The van der Waals surface area contributed by atoms with Crippen LogP contribution < -0.4 is 10.5 Å². The third kappa shape index (κ3) is 2.28. The third-order valence-electron chi connectivity index (χ3n) is 2.83. The van der Waals surface area contributed by atoms with Gasteiger partial charge in [0.15, 0.2) is 5.75 Å². The molecule has 0 spiro atoms. The first-order valence-electron chi connectivity index (χ1n) is 5.65. The molecule has 2 rings (SSSR count). The molecule has 0 amide bonds. The zero-order valence-electron chi connectivity index (χ0n) is 10.4. The second-order valence-electron chi connectivity index (χ2n) is 4.18. The van der Waals surface area contributed by atoms with Crippen LogP contribution in [0.4, 0.5) is 5.69 Å². The zero-order valence-corrected chi connectivity index (χ0v) is 10.4. The Bertz CT molecular complexity index is 627. The van der Waals surface area contributed by atoms with E-state index in [1.165, 1.54) is 0 Å². The van der Waals surface area contributed by atoms with E-state index in [4.69, 9.17) is 15.7 Å². The summed E-state index contributed by atoms with van der Waals surface area (Å²) in [6, 6.07) is 13.1. The lowest BCUT2D eigenvalue weighted by atomic mass is 10.1. The molecule has 0 saturated heterocycles. The molecule has 0 aliphatic heterocycles. The number of nitrogen functional groups attached to an aromatic ring is 1. The smallest absolute Gasteiger partial charge is 0.150 e. The number of benzene rings is 2. The summed E-state index contributed by atoms with van der Waals surface area (Å²) in [6.07, 6.45) is 0. The van der Waals surface area contributed by atoms with Gasteiger partial charge < -0.3 is 10.5 Å². The Hall–Kier alpha value is -2.47. The fourth-order valence-electron chi connectivity index (χ4n) is 1.69. The zero-order chi connectivity index (χ0) is 13.1. The molecule has 0 aliphatic rings. The molecular weight excluding hydrogens is 224 g/mol. The maximum absolute atomic E-state index is 8.87. The van der Waals surface area contributed by atoms with Crippen LogP contribution in [0, 0.1) is 25.2 Å². The molecule has 3 nitrogen and oxygen atoms in total. The second kappa shape index (κ2) is 4.80. The monoisotopic (exact) mass is 238 g/mol. The first-order valence-corrected chi connectivity index (χ1v) is 5.65. The summed E-state index contributed by atoms with van der Waals surface area (Å²) < 4.78 is 5.74. The third-order valence-corrected chi connectivity index (χ3v) is 2.83. The van der Waals surface area contributed by atoms with Gasteiger partial charge in [-0.05, 0) is 49.2 Å². The molecule has 90 valence electrons. The number of nitriles is 1. The maximum Gasteiger partial charge on any atom is 0.150 e. The average molecular weight is 238 g/mol. The summed E-state index contributed by atoms with van der Waals surface area (Å²) in [5.41, 5.74) is 9.11. The van der Waals surface area contributed by atoms with Crippen molar-refractivity contribution in [1.82, 2.24) is 0 Å². The molecule has 2 N–H and O–H groups in total. The van der Waals surface area contributed by atoms with E-state index < -0.39 is 0 Å². The Balaban J connectivity index is 2.32. The van der Waals surface area contributed by atoms with Gasteiger partial charge in [-0.15, -0.1) is 0 Å². The van der Waals surface area contributed by atoms with E-state index in [0.29, 0.717) is 22.7 Å². The van der Waals surface area contributed by atoms with Crippen LogP contribution in [0.25, 0.3) is 0 Å². The Kier molecular flexibility index (Phi) is 3.20. The summed E-state index contributed by atoms with van der Waals surface area (Å²) >= 11 is 0. The Labute approximate surface area is 106 Å². The molecule has 0 fully saturated rings. The van der Waals surface area contributed by atoms with Crippen molar-refractivity contribution in [2.24, 2.45) is 0 Å². The van der Waals surface area contributed by atoms with E-state index in [2.05, 4.69) is 6.07 Å². The minimum Gasteiger partial charge on any atom is -0.455 e. The first-order chi connectivity index (χ1) is 8.61.